The molecule has 1 N–H and O–H groups in total. The first kappa shape index (κ1) is 20.0. The van der Waals surface area contributed by atoms with Crippen molar-refractivity contribution in [1.82, 2.24) is 10.2 Å². The van der Waals surface area contributed by atoms with E-state index in [1.807, 2.05) is 6.92 Å². The number of carbonyl (C=O) groups excluding carboxylic acids is 4. The lowest BCUT2D eigenvalue weighted by molar-refractivity contribution is -0.129. The quantitative estimate of drug-likeness (QED) is 0.599. The van der Waals surface area contributed by atoms with E-state index in [-0.39, 0.29) is 34.9 Å². The van der Waals surface area contributed by atoms with Crippen molar-refractivity contribution in [1.29, 1.82) is 0 Å². The molecule has 3 rings (SSSR count). The van der Waals surface area contributed by atoms with E-state index >= 15 is 0 Å². The van der Waals surface area contributed by atoms with Gasteiger partial charge in [0.2, 0.25) is 0 Å². The predicted molar refractivity (Wildman–Crippen MR) is 102 cm³/mol. The van der Waals surface area contributed by atoms with Gasteiger partial charge < -0.3 is 10.1 Å². The molecule has 1 aromatic carbocycles. The van der Waals surface area contributed by atoms with Crippen LogP contribution in [0.2, 0.25) is 0 Å². The van der Waals surface area contributed by atoms with Gasteiger partial charge in [-0.1, -0.05) is 26.2 Å². The molecular formula is C21H26N2O5. The predicted octanol–water partition coefficient (Wildman–Crippen LogP) is 2.69. The molecule has 1 aliphatic carbocycles. The Morgan fingerprint density at radius 1 is 1.14 bits per heavy atom. The van der Waals surface area contributed by atoms with Gasteiger partial charge in [-0.25, -0.2) is 4.79 Å². The van der Waals surface area contributed by atoms with Crippen LogP contribution in [0, 0.1) is 0 Å². The fraction of sp³-hybridized carbons (Fsp3) is 0.524. The highest BCUT2D eigenvalue weighted by molar-refractivity contribution is 6.22. The molecule has 2 aliphatic rings. The van der Waals surface area contributed by atoms with Crippen LogP contribution in [0.3, 0.4) is 0 Å². The third-order valence-corrected chi connectivity index (χ3v) is 5.30. The van der Waals surface area contributed by atoms with Crippen LogP contribution in [0.4, 0.5) is 0 Å². The normalized spacial score (nSPS) is 18.0. The van der Waals surface area contributed by atoms with Crippen molar-refractivity contribution < 1.29 is 23.9 Å². The standard InChI is InChI=1S/C21H26N2O5/c1-3-11-22-18(24)13(2)28-21(27)14-9-10-16-17(12-14)20(26)23(19(16)25)15-7-5-4-6-8-15/h9-10,12-13,15H,3-8,11H2,1-2H3,(H,22,24)/t13-/m0/s1. The number of benzene rings is 1. The van der Waals surface area contributed by atoms with Gasteiger partial charge in [0.1, 0.15) is 0 Å². The summed E-state index contributed by atoms with van der Waals surface area (Å²) in [6.07, 6.45) is 4.63. The van der Waals surface area contributed by atoms with Gasteiger partial charge in [-0.3, -0.25) is 19.3 Å². The van der Waals surface area contributed by atoms with Crippen molar-refractivity contribution >= 4 is 23.7 Å². The average Bonchev–Trinajstić information content (AvgIpc) is 2.96. The lowest BCUT2D eigenvalue weighted by Gasteiger charge is -2.29. The summed E-state index contributed by atoms with van der Waals surface area (Å²) in [5.41, 5.74) is 0.703. The van der Waals surface area contributed by atoms with Gasteiger partial charge in [0.05, 0.1) is 16.7 Å². The summed E-state index contributed by atoms with van der Waals surface area (Å²) in [5.74, 6) is -1.71. The monoisotopic (exact) mass is 386 g/mol. The van der Waals surface area contributed by atoms with Crippen molar-refractivity contribution in [3.05, 3.63) is 34.9 Å². The molecule has 28 heavy (non-hydrogen) atoms. The Balaban J connectivity index is 1.73. The maximum Gasteiger partial charge on any atom is 0.338 e. The molecule has 1 heterocycles. The van der Waals surface area contributed by atoms with Gasteiger partial charge in [-0.15, -0.1) is 0 Å². The first-order valence-corrected chi connectivity index (χ1v) is 9.94. The van der Waals surface area contributed by atoms with Crippen molar-refractivity contribution in [2.24, 2.45) is 0 Å². The Morgan fingerprint density at radius 3 is 2.50 bits per heavy atom. The van der Waals surface area contributed by atoms with Crippen molar-refractivity contribution in [3.8, 4) is 0 Å². The Morgan fingerprint density at radius 2 is 1.82 bits per heavy atom. The van der Waals surface area contributed by atoms with E-state index in [0.717, 1.165) is 38.5 Å². The molecule has 7 heteroatoms. The van der Waals surface area contributed by atoms with E-state index in [0.29, 0.717) is 12.1 Å². The van der Waals surface area contributed by atoms with E-state index < -0.39 is 12.1 Å². The van der Waals surface area contributed by atoms with E-state index in [4.69, 9.17) is 4.74 Å². The second-order valence-electron chi connectivity index (χ2n) is 7.37. The van der Waals surface area contributed by atoms with Crippen LogP contribution < -0.4 is 5.32 Å². The number of fused-ring (bicyclic) bond motifs is 1. The van der Waals surface area contributed by atoms with E-state index in [9.17, 15) is 19.2 Å². The van der Waals surface area contributed by atoms with Gasteiger partial charge >= 0.3 is 5.97 Å². The van der Waals surface area contributed by atoms with Crippen molar-refractivity contribution in [2.75, 3.05) is 6.54 Å². The molecule has 1 saturated carbocycles. The largest absolute Gasteiger partial charge is 0.449 e. The average molecular weight is 386 g/mol. The summed E-state index contributed by atoms with van der Waals surface area (Å²) >= 11 is 0. The minimum absolute atomic E-state index is 0.0705. The summed E-state index contributed by atoms with van der Waals surface area (Å²) in [6, 6.07) is 4.29. The minimum atomic E-state index is -0.941. The Labute approximate surface area is 164 Å². The molecule has 0 bridgehead atoms. The number of nitrogens with zero attached hydrogens (tertiary/aromatic N) is 1. The Hall–Kier alpha value is -2.70. The third-order valence-electron chi connectivity index (χ3n) is 5.30. The zero-order valence-corrected chi connectivity index (χ0v) is 16.3. The van der Waals surface area contributed by atoms with Gasteiger partial charge in [0.25, 0.3) is 17.7 Å². The number of hydrogen-bond donors (Lipinski definition) is 1. The fourth-order valence-electron chi connectivity index (χ4n) is 3.73. The number of hydrogen-bond acceptors (Lipinski definition) is 5. The van der Waals surface area contributed by atoms with Gasteiger partial charge in [0, 0.05) is 12.6 Å². The molecule has 1 fully saturated rings. The summed E-state index contributed by atoms with van der Waals surface area (Å²) in [4.78, 5) is 51.1. The molecule has 1 aliphatic heterocycles. The number of nitrogens with one attached hydrogen (secondary N) is 1. The number of imide groups is 1. The lowest BCUT2D eigenvalue weighted by atomic mass is 9.94. The molecule has 0 unspecified atom stereocenters. The molecule has 1 atom stereocenters. The molecule has 150 valence electrons. The smallest absolute Gasteiger partial charge is 0.338 e. The Bertz CT molecular complexity index is 798. The summed E-state index contributed by atoms with van der Waals surface area (Å²) < 4.78 is 5.20. The first-order valence-electron chi connectivity index (χ1n) is 9.94. The number of carbonyl (C=O) groups is 4. The van der Waals surface area contributed by atoms with Crippen LogP contribution in [0.15, 0.2) is 18.2 Å². The minimum Gasteiger partial charge on any atom is -0.449 e. The topological polar surface area (TPSA) is 92.8 Å². The number of esters is 1. The van der Waals surface area contributed by atoms with Crippen LogP contribution in [0.5, 0.6) is 0 Å². The molecule has 0 saturated heterocycles. The maximum atomic E-state index is 12.8. The van der Waals surface area contributed by atoms with Crippen LogP contribution in [0.25, 0.3) is 0 Å². The van der Waals surface area contributed by atoms with E-state index in [1.54, 1.807) is 0 Å². The van der Waals surface area contributed by atoms with E-state index in [2.05, 4.69) is 5.32 Å². The molecule has 0 spiro atoms. The Kier molecular flexibility index (Phi) is 6.11. The van der Waals surface area contributed by atoms with Crippen LogP contribution in [-0.4, -0.2) is 47.3 Å². The molecule has 0 aromatic heterocycles. The van der Waals surface area contributed by atoms with Gasteiger partial charge in [-0.05, 0) is 44.4 Å². The fourth-order valence-corrected chi connectivity index (χ4v) is 3.73. The summed E-state index contributed by atoms with van der Waals surface area (Å²) in [6.45, 7) is 3.93. The van der Waals surface area contributed by atoms with Crippen molar-refractivity contribution in [2.45, 2.75) is 64.5 Å². The van der Waals surface area contributed by atoms with Crippen LogP contribution in [0.1, 0.15) is 83.4 Å². The second kappa shape index (κ2) is 8.54. The second-order valence-corrected chi connectivity index (χ2v) is 7.37. The van der Waals surface area contributed by atoms with Gasteiger partial charge in [0.15, 0.2) is 6.10 Å². The highest BCUT2D eigenvalue weighted by atomic mass is 16.5. The summed E-state index contributed by atoms with van der Waals surface area (Å²) in [5, 5.41) is 2.66. The van der Waals surface area contributed by atoms with Gasteiger partial charge in [-0.2, -0.15) is 0 Å². The molecule has 1 aromatic rings. The third kappa shape index (κ3) is 3.93. The highest BCUT2D eigenvalue weighted by Crippen LogP contribution is 2.31. The number of amides is 3. The maximum absolute atomic E-state index is 12.8. The lowest BCUT2D eigenvalue weighted by Crippen LogP contribution is -2.40. The van der Waals surface area contributed by atoms with Crippen LogP contribution in [-0.2, 0) is 9.53 Å². The first-order chi connectivity index (χ1) is 13.4. The zero-order chi connectivity index (χ0) is 20.3. The molecule has 0 radical (unpaired) electrons. The molecule has 3 amide bonds. The van der Waals surface area contributed by atoms with E-state index in [1.165, 1.54) is 30.0 Å². The zero-order valence-electron chi connectivity index (χ0n) is 16.3. The van der Waals surface area contributed by atoms with Crippen LogP contribution >= 0.6 is 0 Å². The molecule has 7 nitrogen and oxygen atoms in total. The number of ether oxygens (including phenoxy) is 1. The molecular weight excluding hydrogens is 360 g/mol. The number of rotatable bonds is 6. The SMILES string of the molecule is CCCNC(=O)[C@H](C)OC(=O)c1ccc2c(c1)C(=O)N(C1CCCCC1)C2=O. The van der Waals surface area contributed by atoms with Crippen molar-refractivity contribution in [3.63, 3.8) is 0 Å². The highest BCUT2D eigenvalue weighted by Gasteiger charge is 2.40. The summed E-state index contributed by atoms with van der Waals surface area (Å²) in [7, 11) is 0.